The molecule has 1 fully saturated rings. The summed E-state index contributed by atoms with van der Waals surface area (Å²) in [6.45, 7) is 4.89. The second-order valence-electron chi connectivity index (χ2n) is 13.4. The number of carboxylic acid groups (broad SMARTS) is 1. The zero-order valence-electron chi connectivity index (χ0n) is 27.4. The zero-order chi connectivity index (χ0) is 33.3. The van der Waals surface area contributed by atoms with Crippen molar-refractivity contribution in [1.82, 2.24) is 0 Å². The maximum atomic E-state index is 11.3. The molecule has 1 aliphatic carbocycles. The average Bonchev–Trinajstić information content (AvgIpc) is 3.33. The van der Waals surface area contributed by atoms with Crippen molar-refractivity contribution in [3.63, 3.8) is 0 Å². The van der Waals surface area contributed by atoms with E-state index < -0.39 is 5.97 Å². The number of benzene rings is 5. The summed E-state index contributed by atoms with van der Waals surface area (Å²) in [6.07, 6.45) is 8.36. The van der Waals surface area contributed by atoms with Gasteiger partial charge in [-0.15, -0.1) is 0 Å². The Morgan fingerprint density at radius 1 is 0.729 bits per heavy atom. The van der Waals surface area contributed by atoms with Crippen molar-refractivity contribution in [1.29, 1.82) is 5.26 Å². The number of rotatable bonds is 7. The first kappa shape index (κ1) is 31.0. The lowest BCUT2D eigenvalue weighted by atomic mass is 9.61. The van der Waals surface area contributed by atoms with Crippen LogP contribution in [0.15, 0.2) is 133 Å². The van der Waals surface area contributed by atoms with Crippen molar-refractivity contribution in [2.75, 3.05) is 4.90 Å². The van der Waals surface area contributed by atoms with Gasteiger partial charge in [0.2, 0.25) is 0 Å². The summed E-state index contributed by atoms with van der Waals surface area (Å²) in [7, 11) is 0. The number of hydrogen-bond donors (Lipinski definition) is 1. The van der Waals surface area contributed by atoms with E-state index in [0.717, 1.165) is 29.5 Å². The van der Waals surface area contributed by atoms with Gasteiger partial charge >= 0.3 is 5.97 Å². The van der Waals surface area contributed by atoms with E-state index in [1.807, 2.05) is 24.3 Å². The molecule has 0 spiro atoms. The van der Waals surface area contributed by atoms with Crippen LogP contribution in [-0.4, -0.2) is 16.6 Å². The quantitative estimate of drug-likeness (QED) is 0.111. The van der Waals surface area contributed by atoms with Gasteiger partial charge in [0, 0.05) is 16.8 Å². The molecule has 0 aromatic heterocycles. The van der Waals surface area contributed by atoms with Gasteiger partial charge in [0.05, 0.1) is 5.54 Å². The topological polar surface area (TPSA) is 64.3 Å². The Morgan fingerprint density at radius 3 is 1.90 bits per heavy atom. The molecule has 48 heavy (non-hydrogen) atoms. The normalized spacial score (nSPS) is 19.9. The second kappa shape index (κ2) is 12.5. The summed E-state index contributed by atoms with van der Waals surface area (Å²) in [5.74, 6) is -1.22. The van der Waals surface area contributed by atoms with E-state index >= 15 is 0 Å². The fourth-order valence-corrected chi connectivity index (χ4v) is 7.85. The zero-order valence-corrected chi connectivity index (χ0v) is 27.4. The third kappa shape index (κ3) is 5.42. The van der Waals surface area contributed by atoms with Crippen LogP contribution in [-0.2, 0) is 10.2 Å². The van der Waals surface area contributed by atoms with Gasteiger partial charge in [0.15, 0.2) is 0 Å². The Labute approximate surface area is 282 Å². The maximum absolute atomic E-state index is 11.3. The van der Waals surface area contributed by atoms with E-state index in [1.165, 1.54) is 52.6 Å². The van der Waals surface area contributed by atoms with Crippen molar-refractivity contribution in [2.24, 2.45) is 0 Å². The van der Waals surface area contributed by atoms with Gasteiger partial charge in [-0.25, -0.2) is 4.79 Å². The van der Waals surface area contributed by atoms with Gasteiger partial charge in [-0.05, 0) is 101 Å². The summed E-state index contributed by atoms with van der Waals surface area (Å²) < 4.78 is 0. The van der Waals surface area contributed by atoms with Gasteiger partial charge in [0.25, 0.3) is 0 Å². The Kier molecular flexibility index (Phi) is 8.07. The molecule has 0 bridgehead atoms. The van der Waals surface area contributed by atoms with Gasteiger partial charge < -0.3 is 10.0 Å². The lowest BCUT2D eigenvalue weighted by Gasteiger charge is -2.50. The fourth-order valence-electron chi connectivity index (χ4n) is 7.85. The second-order valence-corrected chi connectivity index (χ2v) is 13.4. The lowest BCUT2D eigenvalue weighted by Crippen LogP contribution is -2.54. The molecule has 2 aliphatic rings. The van der Waals surface area contributed by atoms with Crippen LogP contribution >= 0.6 is 0 Å². The molecule has 7 rings (SSSR count). The molecule has 1 saturated carbocycles. The molecule has 5 aromatic rings. The molecule has 2 atom stereocenters. The van der Waals surface area contributed by atoms with Crippen LogP contribution < -0.4 is 4.90 Å². The minimum Gasteiger partial charge on any atom is -0.477 e. The summed E-state index contributed by atoms with van der Waals surface area (Å²) in [6, 6.07) is 46.6. The third-order valence-corrected chi connectivity index (χ3v) is 10.6. The maximum Gasteiger partial charge on any atom is 0.346 e. The van der Waals surface area contributed by atoms with Crippen LogP contribution in [0.25, 0.3) is 28.9 Å². The Bertz CT molecular complexity index is 2030. The highest BCUT2D eigenvalue weighted by Gasteiger charge is 2.57. The number of fused-ring (bicyclic) bond motifs is 3. The van der Waals surface area contributed by atoms with Crippen molar-refractivity contribution in [2.45, 2.75) is 50.5 Å². The molecule has 236 valence electrons. The van der Waals surface area contributed by atoms with Crippen LogP contribution in [0, 0.1) is 11.3 Å². The van der Waals surface area contributed by atoms with Gasteiger partial charge in [0.1, 0.15) is 11.6 Å². The van der Waals surface area contributed by atoms with Crippen molar-refractivity contribution in [3.05, 3.63) is 161 Å². The van der Waals surface area contributed by atoms with E-state index in [0.29, 0.717) is 5.56 Å². The van der Waals surface area contributed by atoms with Gasteiger partial charge in [-0.1, -0.05) is 123 Å². The lowest BCUT2D eigenvalue weighted by molar-refractivity contribution is -0.132. The predicted octanol–water partition coefficient (Wildman–Crippen LogP) is 10.7. The van der Waals surface area contributed by atoms with Gasteiger partial charge in [-0.2, -0.15) is 5.26 Å². The van der Waals surface area contributed by atoms with Crippen molar-refractivity contribution < 1.29 is 9.90 Å². The first-order valence-electron chi connectivity index (χ1n) is 16.6. The van der Waals surface area contributed by atoms with E-state index in [1.54, 1.807) is 6.07 Å². The van der Waals surface area contributed by atoms with E-state index in [2.05, 4.69) is 128 Å². The molecule has 1 N–H and O–H groups in total. The standard InChI is InChI=1S/C44H38N2O2/c1-43-25-9-10-26-44(43,2)46(41-24-21-36(29-40(41)43)33-19-15-31(16-20-33)27-37(30-45)42(47)48)38-22-17-32(18-23-38)28-39(34-11-5-3-6-12-34)35-13-7-4-8-14-35/h3-8,11-24,27-29H,9-10,25-26H2,1-2H3,(H,47,48)/b37-27+. The smallest absolute Gasteiger partial charge is 0.346 e. The first-order valence-corrected chi connectivity index (χ1v) is 16.6. The Balaban J connectivity index is 1.25. The summed E-state index contributed by atoms with van der Waals surface area (Å²) in [4.78, 5) is 13.9. The molecule has 2 unspecified atom stereocenters. The summed E-state index contributed by atoms with van der Waals surface area (Å²) in [5.41, 5.74) is 11.1. The SMILES string of the molecule is CC12CCCCC1(C)N(c1ccc(C=C(c3ccccc3)c3ccccc3)cc1)c1ccc(-c3ccc(/C=C(\C#N)C(=O)O)cc3)cc12. The Hall–Kier alpha value is -5.66. The first-order chi connectivity index (χ1) is 23.3. The number of nitriles is 1. The Morgan fingerprint density at radius 2 is 1.29 bits per heavy atom. The highest BCUT2D eigenvalue weighted by Crippen LogP contribution is 2.61. The molecule has 0 amide bonds. The van der Waals surface area contributed by atoms with E-state index in [4.69, 9.17) is 5.26 Å². The fraction of sp³-hybridized carbons (Fsp3) is 0.182. The van der Waals surface area contributed by atoms with Gasteiger partial charge in [-0.3, -0.25) is 0 Å². The number of carbonyl (C=O) groups is 1. The molecule has 4 nitrogen and oxygen atoms in total. The van der Waals surface area contributed by atoms with Crippen LogP contribution in [0.1, 0.15) is 67.3 Å². The van der Waals surface area contributed by atoms with Crippen LogP contribution in [0.5, 0.6) is 0 Å². The average molecular weight is 627 g/mol. The molecule has 1 aliphatic heterocycles. The molecule has 5 aromatic carbocycles. The van der Waals surface area contributed by atoms with E-state index in [9.17, 15) is 9.90 Å². The summed E-state index contributed by atoms with van der Waals surface area (Å²) in [5, 5.41) is 18.4. The monoisotopic (exact) mass is 626 g/mol. The van der Waals surface area contributed by atoms with Crippen LogP contribution in [0.4, 0.5) is 11.4 Å². The molecule has 0 radical (unpaired) electrons. The minimum atomic E-state index is -1.22. The van der Waals surface area contributed by atoms with Crippen LogP contribution in [0.3, 0.4) is 0 Å². The molecule has 1 heterocycles. The number of anilines is 2. The molecular weight excluding hydrogens is 588 g/mol. The minimum absolute atomic E-state index is 0.0190. The van der Waals surface area contributed by atoms with Crippen molar-refractivity contribution in [3.8, 4) is 17.2 Å². The highest BCUT2D eigenvalue weighted by molar-refractivity contribution is 5.96. The number of carboxylic acids is 1. The third-order valence-electron chi connectivity index (χ3n) is 10.6. The molecule has 0 saturated heterocycles. The molecular formula is C44H38N2O2. The van der Waals surface area contributed by atoms with E-state index in [-0.39, 0.29) is 16.5 Å². The number of nitrogens with zero attached hydrogens (tertiary/aromatic N) is 2. The summed E-state index contributed by atoms with van der Waals surface area (Å²) >= 11 is 0. The van der Waals surface area contributed by atoms with Crippen molar-refractivity contribution >= 4 is 35.1 Å². The molecule has 4 heteroatoms. The predicted molar refractivity (Wildman–Crippen MR) is 196 cm³/mol. The van der Waals surface area contributed by atoms with Crippen LogP contribution in [0.2, 0.25) is 0 Å². The highest BCUT2D eigenvalue weighted by atomic mass is 16.4. The largest absolute Gasteiger partial charge is 0.477 e. The number of aliphatic carboxylic acids is 1. The number of hydrogen-bond acceptors (Lipinski definition) is 3.